The summed E-state index contributed by atoms with van der Waals surface area (Å²) in [5.41, 5.74) is 12.1. The predicted octanol–water partition coefficient (Wildman–Crippen LogP) is 9.28. The maximum absolute atomic E-state index is 3.61. The van der Waals surface area contributed by atoms with Gasteiger partial charge in [-0.2, -0.15) is 0 Å². The summed E-state index contributed by atoms with van der Waals surface area (Å²) in [5, 5.41) is 2.49. The van der Waals surface area contributed by atoms with E-state index < -0.39 is 0 Å². The van der Waals surface area contributed by atoms with Crippen LogP contribution >= 0.6 is 15.9 Å². The van der Waals surface area contributed by atoms with Crippen molar-refractivity contribution in [1.82, 2.24) is 0 Å². The lowest BCUT2D eigenvalue weighted by atomic mass is 9.72. The quantitative estimate of drug-likeness (QED) is 0.217. The van der Waals surface area contributed by atoms with Crippen molar-refractivity contribution in [3.63, 3.8) is 0 Å². The molecule has 0 saturated heterocycles. The third kappa shape index (κ3) is 2.78. The molecule has 0 spiro atoms. The van der Waals surface area contributed by atoms with Gasteiger partial charge in [0.15, 0.2) is 0 Å². The molecule has 0 atom stereocenters. The van der Waals surface area contributed by atoms with E-state index in [2.05, 4.69) is 132 Å². The maximum atomic E-state index is 3.61. The average molecular weight is 502 g/mol. The zero-order valence-electron chi connectivity index (χ0n) is 19.3. The number of benzene rings is 5. The third-order valence-corrected chi connectivity index (χ3v) is 8.18. The first-order valence-corrected chi connectivity index (χ1v) is 12.6. The van der Waals surface area contributed by atoms with Crippen LogP contribution in [0.25, 0.3) is 21.9 Å². The normalized spacial score (nSPS) is 15.0. The number of nitrogens with zero attached hydrogens (tertiary/aromatic N) is 1. The molecule has 0 N–H and O–H groups in total. The number of hydrogen-bond donors (Lipinski definition) is 0. The van der Waals surface area contributed by atoms with E-state index in [-0.39, 0.29) is 5.41 Å². The largest absolute Gasteiger partial charge is 0.310 e. The topological polar surface area (TPSA) is 3.24 Å². The van der Waals surface area contributed by atoms with Crippen molar-refractivity contribution in [2.75, 3.05) is 4.90 Å². The predicted molar refractivity (Wildman–Crippen MR) is 147 cm³/mol. The van der Waals surface area contributed by atoms with Crippen LogP contribution in [0.5, 0.6) is 0 Å². The van der Waals surface area contributed by atoms with E-state index in [4.69, 9.17) is 0 Å². The second-order valence-corrected chi connectivity index (χ2v) is 10.9. The summed E-state index contributed by atoms with van der Waals surface area (Å²) < 4.78 is 1.11. The van der Waals surface area contributed by atoms with Crippen LogP contribution in [0.15, 0.2) is 102 Å². The molecule has 1 nitrogen and oxygen atoms in total. The monoisotopic (exact) mass is 501 g/mol. The molecule has 0 saturated carbocycles. The number of anilines is 3. The molecule has 7 rings (SSSR count). The number of rotatable bonds is 1. The second kappa shape index (κ2) is 7.07. The molecule has 5 aromatic rings. The fourth-order valence-electron chi connectivity index (χ4n) is 5.95. The van der Waals surface area contributed by atoms with Crippen LogP contribution in [0, 0.1) is 0 Å². The van der Waals surface area contributed by atoms with E-state index in [1.807, 2.05) is 0 Å². The van der Waals surface area contributed by atoms with Gasteiger partial charge in [-0.1, -0.05) is 84.4 Å². The number of hydrogen-bond acceptors (Lipinski definition) is 1. The molecule has 0 amide bonds. The molecular weight excluding hydrogens is 478 g/mol. The van der Waals surface area contributed by atoms with E-state index in [1.54, 1.807) is 0 Å². The van der Waals surface area contributed by atoms with Crippen molar-refractivity contribution in [2.24, 2.45) is 0 Å². The lowest BCUT2D eigenvalue weighted by Crippen LogP contribution is -2.30. The molecule has 1 heterocycles. The summed E-state index contributed by atoms with van der Waals surface area (Å²) in [4.78, 5) is 2.47. The Bertz CT molecular complexity index is 1630. The highest BCUT2D eigenvalue weighted by atomic mass is 79.9. The Balaban J connectivity index is 1.50. The fraction of sp³-hybridized carbons (Fsp3) is 0.125. The van der Waals surface area contributed by atoms with Gasteiger partial charge in [-0.15, -0.1) is 0 Å². The molecule has 5 aromatic carbocycles. The van der Waals surface area contributed by atoms with Crippen LogP contribution < -0.4 is 4.90 Å². The smallest absolute Gasteiger partial charge is 0.0505 e. The minimum atomic E-state index is -0.0866. The Labute approximate surface area is 208 Å². The number of halogens is 1. The summed E-state index contributed by atoms with van der Waals surface area (Å²) in [6.07, 6.45) is 1.00. The van der Waals surface area contributed by atoms with Crippen molar-refractivity contribution in [2.45, 2.75) is 25.7 Å². The first-order chi connectivity index (χ1) is 16.5. The Kier molecular flexibility index (Phi) is 4.17. The summed E-state index contributed by atoms with van der Waals surface area (Å²) in [7, 11) is 0. The van der Waals surface area contributed by atoms with Gasteiger partial charge in [-0.05, 0) is 93.0 Å². The van der Waals surface area contributed by atoms with Gasteiger partial charge in [0.2, 0.25) is 0 Å². The second-order valence-electron chi connectivity index (χ2n) is 10.0. The first-order valence-electron chi connectivity index (χ1n) is 11.9. The van der Waals surface area contributed by atoms with Crippen molar-refractivity contribution < 1.29 is 0 Å². The first kappa shape index (κ1) is 20.1. The highest BCUT2D eigenvalue weighted by molar-refractivity contribution is 9.10. The zero-order valence-corrected chi connectivity index (χ0v) is 20.9. The Morgan fingerprint density at radius 1 is 0.647 bits per heavy atom. The summed E-state index contributed by atoms with van der Waals surface area (Å²) >= 11 is 3.61. The fourth-order valence-corrected chi connectivity index (χ4v) is 6.33. The Hall–Kier alpha value is -3.36. The molecule has 0 fully saturated rings. The van der Waals surface area contributed by atoms with Crippen molar-refractivity contribution in [3.8, 4) is 11.1 Å². The standard InChI is InChI=1S/C32H24BrN/c1-32(2)28-9-5-6-10-30(28)34(25-14-12-20-16-24(33)13-11-21(20)17-25)31-18-23-15-22-7-3-4-8-26(22)27(23)19-29(31)32/h3-14,16-19H,15H2,1-2H3. The van der Waals surface area contributed by atoms with Crippen LogP contribution in [-0.4, -0.2) is 0 Å². The average Bonchev–Trinajstić information content (AvgIpc) is 3.21. The third-order valence-electron chi connectivity index (χ3n) is 7.69. The maximum Gasteiger partial charge on any atom is 0.0505 e. The molecule has 1 aliphatic heterocycles. The minimum Gasteiger partial charge on any atom is -0.310 e. The van der Waals surface area contributed by atoms with Gasteiger partial charge in [0.1, 0.15) is 0 Å². The minimum absolute atomic E-state index is 0.0866. The molecule has 0 unspecified atom stereocenters. The number of fused-ring (bicyclic) bond motifs is 6. The van der Waals surface area contributed by atoms with E-state index in [1.165, 1.54) is 61.2 Å². The van der Waals surface area contributed by atoms with Crippen molar-refractivity contribution in [3.05, 3.63) is 124 Å². The van der Waals surface area contributed by atoms with E-state index >= 15 is 0 Å². The van der Waals surface area contributed by atoms with Gasteiger partial charge >= 0.3 is 0 Å². The Morgan fingerprint density at radius 3 is 2.32 bits per heavy atom. The summed E-state index contributed by atoms with van der Waals surface area (Å²) in [6.45, 7) is 4.74. The van der Waals surface area contributed by atoms with Crippen molar-refractivity contribution >= 4 is 43.8 Å². The molecular formula is C32H24BrN. The van der Waals surface area contributed by atoms with E-state index in [0.717, 1.165) is 10.9 Å². The molecule has 0 bridgehead atoms. The van der Waals surface area contributed by atoms with Gasteiger partial charge in [0.05, 0.1) is 11.4 Å². The molecule has 164 valence electrons. The molecule has 2 aliphatic rings. The summed E-state index contributed by atoms with van der Waals surface area (Å²) in [6, 6.07) is 36.0. The molecule has 2 heteroatoms. The molecule has 0 radical (unpaired) electrons. The lowest BCUT2D eigenvalue weighted by Gasteiger charge is -2.42. The van der Waals surface area contributed by atoms with E-state index in [0.29, 0.717) is 0 Å². The Morgan fingerprint density at radius 2 is 1.41 bits per heavy atom. The van der Waals surface area contributed by atoms with Gasteiger partial charge in [0.25, 0.3) is 0 Å². The zero-order chi connectivity index (χ0) is 23.0. The van der Waals surface area contributed by atoms with Crippen LogP contribution in [0.3, 0.4) is 0 Å². The molecule has 0 aromatic heterocycles. The number of para-hydroxylation sites is 1. The molecule has 1 aliphatic carbocycles. The highest BCUT2D eigenvalue weighted by Gasteiger charge is 2.38. The van der Waals surface area contributed by atoms with Gasteiger partial charge in [-0.25, -0.2) is 0 Å². The summed E-state index contributed by atoms with van der Waals surface area (Å²) in [5.74, 6) is 0. The highest BCUT2D eigenvalue weighted by Crippen LogP contribution is 2.54. The van der Waals surface area contributed by atoms with E-state index in [9.17, 15) is 0 Å². The molecule has 34 heavy (non-hydrogen) atoms. The van der Waals surface area contributed by atoms with Crippen LogP contribution in [0.1, 0.15) is 36.1 Å². The van der Waals surface area contributed by atoms with Crippen LogP contribution in [0.4, 0.5) is 17.1 Å². The van der Waals surface area contributed by atoms with Crippen molar-refractivity contribution in [1.29, 1.82) is 0 Å². The van der Waals surface area contributed by atoms with Crippen LogP contribution in [0.2, 0.25) is 0 Å². The van der Waals surface area contributed by atoms with Gasteiger partial charge in [0, 0.05) is 15.6 Å². The van der Waals surface area contributed by atoms with Gasteiger partial charge in [-0.3, -0.25) is 0 Å². The van der Waals surface area contributed by atoms with Crippen LogP contribution in [-0.2, 0) is 11.8 Å². The SMILES string of the molecule is CC1(C)c2ccccc2N(c2ccc3cc(Br)ccc3c2)c2cc3c(cc21)-c1ccccc1C3. The van der Waals surface area contributed by atoms with Gasteiger partial charge < -0.3 is 4.90 Å². The lowest BCUT2D eigenvalue weighted by molar-refractivity contribution is 0.632.